The molecule has 0 atom stereocenters. The number of nitrogens with zero attached hydrogens (tertiary/aromatic N) is 2. The zero-order chi connectivity index (χ0) is 14.1. The van der Waals surface area contributed by atoms with Gasteiger partial charge in [0.1, 0.15) is 11.6 Å². The van der Waals surface area contributed by atoms with E-state index in [1.165, 1.54) is 12.3 Å². The number of hydrogen-bond acceptors (Lipinski definition) is 4. The highest BCUT2D eigenvalue weighted by molar-refractivity contribution is 5.91. The molecule has 3 aromatic rings. The number of pyridine rings is 1. The minimum Gasteiger partial charge on any atom is -0.496 e. The van der Waals surface area contributed by atoms with E-state index in [-0.39, 0.29) is 5.56 Å². The third-order valence-electron chi connectivity index (χ3n) is 2.95. The number of rotatable bonds is 3. The molecule has 6 nitrogen and oxygen atoms in total. The molecule has 0 fully saturated rings. The molecule has 2 N–H and O–H groups in total. The van der Waals surface area contributed by atoms with E-state index in [0.29, 0.717) is 22.7 Å². The average Bonchev–Trinajstić information content (AvgIpc) is 2.89. The maximum Gasteiger partial charge on any atom is 0.337 e. The van der Waals surface area contributed by atoms with E-state index in [9.17, 15) is 4.79 Å². The summed E-state index contributed by atoms with van der Waals surface area (Å²) in [5.41, 5.74) is 1.96. The van der Waals surface area contributed by atoms with Gasteiger partial charge in [0, 0.05) is 6.20 Å². The van der Waals surface area contributed by atoms with Gasteiger partial charge in [-0.25, -0.2) is 14.8 Å². The summed E-state index contributed by atoms with van der Waals surface area (Å²) in [6.45, 7) is 0. The molecule has 2 heterocycles. The lowest BCUT2D eigenvalue weighted by molar-refractivity contribution is 0.0696. The Bertz CT molecular complexity index is 795. The first-order valence-corrected chi connectivity index (χ1v) is 5.91. The lowest BCUT2D eigenvalue weighted by atomic mass is 10.2. The van der Waals surface area contributed by atoms with Crippen LogP contribution in [0.3, 0.4) is 0 Å². The van der Waals surface area contributed by atoms with Crippen molar-refractivity contribution in [3.8, 4) is 17.1 Å². The third-order valence-corrected chi connectivity index (χ3v) is 2.95. The monoisotopic (exact) mass is 269 g/mol. The molecular weight excluding hydrogens is 258 g/mol. The van der Waals surface area contributed by atoms with Crippen LogP contribution in [0.4, 0.5) is 0 Å². The second kappa shape index (κ2) is 4.65. The average molecular weight is 269 g/mol. The molecule has 2 aromatic heterocycles. The minimum absolute atomic E-state index is 0.118. The van der Waals surface area contributed by atoms with E-state index in [4.69, 9.17) is 9.84 Å². The molecule has 0 aliphatic heterocycles. The number of H-pyrrole nitrogens is 1. The largest absolute Gasteiger partial charge is 0.496 e. The summed E-state index contributed by atoms with van der Waals surface area (Å²) in [6.07, 6.45) is 1.29. The maximum absolute atomic E-state index is 10.9. The lowest BCUT2D eigenvalue weighted by Crippen LogP contribution is -1.96. The van der Waals surface area contributed by atoms with E-state index in [1.54, 1.807) is 7.11 Å². The first-order valence-electron chi connectivity index (χ1n) is 5.91. The Morgan fingerprint density at radius 3 is 2.90 bits per heavy atom. The number of aromatic carboxylic acids is 1. The van der Waals surface area contributed by atoms with Gasteiger partial charge in [-0.05, 0) is 18.2 Å². The van der Waals surface area contributed by atoms with Crippen molar-refractivity contribution in [2.45, 2.75) is 0 Å². The van der Waals surface area contributed by atoms with Crippen LogP contribution >= 0.6 is 0 Å². The van der Waals surface area contributed by atoms with Crippen LogP contribution in [-0.2, 0) is 0 Å². The van der Waals surface area contributed by atoms with Crippen molar-refractivity contribution in [1.82, 2.24) is 15.0 Å². The normalized spacial score (nSPS) is 10.7. The van der Waals surface area contributed by atoms with Gasteiger partial charge in [0.2, 0.25) is 0 Å². The van der Waals surface area contributed by atoms with Crippen molar-refractivity contribution >= 4 is 17.1 Å². The number of fused-ring (bicyclic) bond motifs is 1. The summed E-state index contributed by atoms with van der Waals surface area (Å²) in [7, 11) is 1.59. The zero-order valence-electron chi connectivity index (χ0n) is 10.6. The number of carboxylic acids is 1. The number of carboxylic acid groups (broad SMARTS) is 1. The quantitative estimate of drug-likeness (QED) is 0.761. The molecule has 100 valence electrons. The van der Waals surface area contributed by atoms with Crippen LogP contribution in [0.1, 0.15) is 10.4 Å². The van der Waals surface area contributed by atoms with Gasteiger partial charge in [-0.3, -0.25) is 0 Å². The number of hydrogen-bond donors (Lipinski definition) is 2. The summed E-state index contributed by atoms with van der Waals surface area (Å²) in [5.74, 6) is 0.255. The molecular formula is C14H11N3O3. The number of nitrogens with one attached hydrogen (secondary N) is 1. The van der Waals surface area contributed by atoms with Gasteiger partial charge < -0.3 is 14.8 Å². The molecule has 0 spiro atoms. The van der Waals surface area contributed by atoms with Crippen molar-refractivity contribution in [3.63, 3.8) is 0 Å². The standard InChI is InChI=1S/C14H11N3O3/c1-20-11-5-3-2-4-9(11)12-16-10-6-8(14(18)19)7-15-13(10)17-12/h2-7H,1H3,(H,18,19)(H,15,16,17). The summed E-state index contributed by atoms with van der Waals surface area (Å²) < 4.78 is 5.28. The number of benzene rings is 1. The van der Waals surface area contributed by atoms with Crippen LogP contribution in [0.2, 0.25) is 0 Å². The Labute approximate surface area is 114 Å². The first kappa shape index (κ1) is 12.2. The molecule has 1 aromatic carbocycles. The summed E-state index contributed by atoms with van der Waals surface area (Å²) in [6, 6.07) is 8.96. The Morgan fingerprint density at radius 2 is 2.15 bits per heavy atom. The van der Waals surface area contributed by atoms with Crippen molar-refractivity contribution in [2.75, 3.05) is 7.11 Å². The minimum atomic E-state index is -1.02. The zero-order valence-corrected chi connectivity index (χ0v) is 10.6. The number of carbonyl (C=O) groups is 1. The molecule has 0 bridgehead atoms. The predicted octanol–water partition coefficient (Wildman–Crippen LogP) is 2.33. The molecule has 6 heteroatoms. The van der Waals surface area contributed by atoms with Crippen LogP contribution in [-0.4, -0.2) is 33.1 Å². The molecule has 3 rings (SSSR count). The number of aromatic amines is 1. The van der Waals surface area contributed by atoms with Gasteiger partial charge in [-0.2, -0.15) is 0 Å². The fourth-order valence-corrected chi connectivity index (χ4v) is 1.98. The fraction of sp³-hybridized carbons (Fsp3) is 0.0714. The highest BCUT2D eigenvalue weighted by atomic mass is 16.5. The Kier molecular flexibility index (Phi) is 2.83. The molecule has 20 heavy (non-hydrogen) atoms. The second-order valence-corrected chi connectivity index (χ2v) is 4.19. The van der Waals surface area contributed by atoms with E-state index in [0.717, 1.165) is 5.56 Å². The van der Waals surface area contributed by atoms with Gasteiger partial charge >= 0.3 is 5.97 Å². The van der Waals surface area contributed by atoms with Gasteiger partial charge in [0.15, 0.2) is 5.65 Å². The van der Waals surface area contributed by atoms with Gasteiger partial charge in [0.05, 0.1) is 23.8 Å². The molecule has 0 saturated heterocycles. The Morgan fingerprint density at radius 1 is 1.35 bits per heavy atom. The van der Waals surface area contributed by atoms with Crippen LogP contribution < -0.4 is 4.74 Å². The second-order valence-electron chi connectivity index (χ2n) is 4.19. The van der Waals surface area contributed by atoms with Crippen molar-refractivity contribution in [2.24, 2.45) is 0 Å². The van der Waals surface area contributed by atoms with E-state index >= 15 is 0 Å². The highest BCUT2D eigenvalue weighted by Gasteiger charge is 2.12. The Balaban J connectivity index is 2.15. The number of methoxy groups -OCH3 is 1. The molecule has 0 amide bonds. The summed E-state index contributed by atoms with van der Waals surface area (Å²) >= 11 is 0. The summed E-state index contributed by atoms with van der Waals surface area (Å²) in [5, 5.41) is 8.96. The fourth-order valence-electron chi connectivity index (χ4n) is 1.98. The predicted molar refractivity (Wildman–Crippen MR) is 72.8 cm³/mol. The number of aromatic nitrogens is 3. The van der Waals surface area contributed by atoms with E-state index in [2.05, 4.69) is 15.0 Å². The van der Waals surface area contributed by atoms with Crippen LogP contribution in [0.5, 0.6) is 5.75 Å². The molecule has 0 saturated carbocycles. The number of imidazole rings is 1. The maximum atomic E-state index is 10.9. The van der Waals surface area contributed by atoms with Crippen LogP contribution in [0, 0.1) is 0 Å². The molecule has 0 aliphatic carbocycles. The molecule has 0 radical (unpaired) electrons. The summed E-state index contributed by atoms with van der Waals surface area (Å²) in [4.78, 5) is 22.4. The van der Waals surface area contributed by atoms with Crippen molar-refractivity contribution in [3.05, 3.63) is 42.1 Å². The smallest absolute Gasteiger partial charge is 0.337 e. The van der Waals surface area contributed by atoms with Gasteiger partial charge in [-0.1, -0.05) is 12.1 Å². The number of ether oxygens (including phenoxy) is 1. The lowest BCUT2D eigenvalue weighted by Gasteiger charge is -2.04. The third kappa shape index (κ3) is 1.97. The Hall–Kier alpha value is -2.89. The topological polar surface area (TPSA) is 88.1 Å². The van der Waals surface area contributed by atoms with Crippen molar-refractivity contribution in [1.29, 1.82) is 0 Å². The van der Waals surface area contributed by atoms with Crippen molar-refractivity contribution < 1.29 is 14.6 Å². The van der Waals surface area contributed by atoms with E-state index < -0.39 is 5.97 Å². The molecule has 0 aliphatic rings. The highest BCUT2D eigenvalue weighted by Crippen LogP contribution is 2.28. The van der Waals surface area contributed by atoms with Gasteiger partial charge in [0.25, 0.3) is 0 Å². The number of para-hydroxylation sites is 1. The SMILES string of the molecule is COc1ccccc1-c1nc2ncc(C(=O)O)cc2[nH]1. The first-order chi connectivity index (χ1) is 9.69. The van der Waals surface area contributed by atoms with Crippen LogP contribution in [0.15, 0.2) is 36.5 Å². The molecule has 0 unspecified atom stereocenters. The van der Waals surface area contributed by atoms with Crippen LogP contribution in [0.25, 0.3) is 22.6 Å². The van der Waals surface area contributed by atoms with Gasteiger partial charge in [-0.15, -0.1) is 0 Å². The van der Waals surface area contributed by atoms with E-state index in [1.807, 2.05) is 24.3 Å².